The Labute approximate surface area is 178 Å². The molecule has 0 amide bonds. The first-order valence-electron chi connectivity index (χ1n) is 8.92. The van der Waals surface area contributed by atoms with Gasteiger partial charge < -0.3 is 9.57 Å². The van der Waals surface area contributed by atoms with Gasteiger partial charge >= 0.3 is 5.97 Å². The number of rotatable bonds is 10. The maximum atomic E-state index is 13.1. The van der Waals surface area contributed by atoms with Crippen molar-refractivity contribution in [3.63, 3.8) is 0 Å². The molecule has 0 fully saturated rings. The van der Waals surface area contributed by atoms with Crippen LogP contribution in [-0.2, 0) is 32.2 Å². The van der Waals surface area contributed by atoms with Crippen LogP contribution in [0, 0.1) is 11.7 Å². The van der Waals surface area contributed by atoms with Crippen LogP contribution in [0.25, 0.3) is 0 Å². The number of oxime groups is 1. The van der Waals surface area contributed by atoms with Gasteiger partial charge in [0.1, 0.15) is 18.3 Å². The maximum Gasteiger partial charge on any atom is 0.316 e. The Morgan fingerprint density at radius 3 is 2.55 bits per heavy atom. The summed E-state index contributed by atoms with van der Waals surface area (Å²) in [6.07, 6.45) is 1.29. The van der Waals surface area contributed by atoms with Crippen molar-refractivity contribution in [3.05, 3.63) is 69.5 Å². The van der Waals surface area contributed by atoms with E-state index in [1.807, 2.05) is 0 Å². The van der Waals surface area contributed by atoms with Crippen molar-refractivity contribution in [3.8, 4) is 0 Å². The van der Waals surface area contributed by atoms with E-state index in [1.165, 1.54) is 30.5 Å². The summed E-state index contributed by atoms with van der Waals surface area (Å²) in [4.78, 5) is 29.8. The quantitative estimate of drug-likeness (QED) is 0.225. The van der Waals surface area contributed by atoms with E-state index in [0.717, 1.165) is 0 Å². The Hall–Kier alpha value is -2.44. The average molecular weight is 440 g/mol. The van der Waals surface area contributed by atoms with Crippen LogP contribution in [-0.4, -0.2) is 24.6 Å². The molecule has 1 unspecified atom stereocenters. The van der Waals surface area contributed by atoms with Gasteiger partial charge in [-0.05, 0) is 43.2 Å². The number of hydrogen-bond acceptors (Lipinski definition) is 5. The lowest BCUT2D eigenvalue weighted by Gasteiger charge is -2.13. The summed E-state index contributed by atoms with van der Waals surface area (Å²) in [6.45, 7) is 1.93. The molecule has 0 heterocycles. The zero-order valence-corrected chi connectivity index (χ0v) is 17.3. The van der Waals surface area contributed by atoms with Crippen molar-refractivity contribution < 1.29 is 23.6 Å². The predicted molar refractivity (Wildman–Crippen MR) is 110 cm³/mol. The normalized spacial score (nSPS) is 12.0. The number of ether oxygens (including phenoxy) is 1. The van der Waals surface area contributed by atoms with Crippen molar-refractivity contribution in [2.75, 3.05) is 6.61 Å². The third kappa shape index (κ3) is 7.48. The second-order valence-corrected chi connectivity index (χ2v) is 6.95. The largest absolute Gasteiger partial charge is 0.465 e. The Morgan fingerprint density at radius 1 is 1.17 bits per heavy atom. The van der Waals surface area contributed by atoms with Crippen LogP contribution < -0.4 is 0 Å². The number of hydrogen-bond donors (Lipinski definition) is 0. The molecule has 2 rings (SSSR count). The molecule has 0 saturated heterocycles. The van der Waals surface area contributed by atoms with E-state index in [9.17, 15) is 14.0 Å². The van der Waals surface area contributed by atoms with Crippen LogP contribution in [0.1, 0.15) is 24.5 Å². The number of carbonyl (C=O) groups excluding carboxylic acids is 2. The minimum absolute atomic E-state index is 0.109. The lowest BCUT2D eigenvalue weighted by Crippen LogP contribution is -2.28. The van der Waals surface area contributed by atoms with E-state index in [0.29, 0.717) is 21.2 Å². The molecule has 0 spiro atoms. The molecule has 0 aliphatic heterocycles. The molecule has 0 aliphatic rings. The molecular weight excluding hydrogens is 420 g/mol. The molecule has 2 aromatic carbocycles. The van der Waals surface area contributed by atoms with Gasteiger partial charge in [-0.2, -0.15) is 0 Å². The second kappa shape index (κ2) is 11.5. The molecule has 0 aromatic heterocycles. The summed E-state index contributed by atoms with van der Waals surface area (Å²) in [5.74, 6) is -2.39. The van der Waals surface area contributed by atoms with Gasteiger partial charge in [0.25, 0.3) is 0 Å². The van der Waals surface area contributed by atoms with Gasteiger partial charge in [0.05, 0.1) is 12.8 Å². The van der Waals surface area contributed by atoms with Crippen LogP contribution >= 0.6 is 23.2 Å². The molecule has 0 bridgehead atoms. The highest BCUT2D eigenvalue weighted by atomic mass is 35.5. The number of nitrogens with zero attached hydrogens (tertiary/aromatic N) is 1. The molecule has 8 heteroatoms. The number of carbonyl (C=O) groups is 2. The minimum atomic E-state index is -1.00. The van der Waals surface area contributed by atoms with E-state index < -0.39 is 17.7 Å². The number of Topliss-reactive ketones (excluding diaryl/α,β-unsaturated/α-hetero) is 1. The van der Waals surface area contributed by atoms with Crippen molar-refractivity contribution >= 4 is 41.2 Å². The van der Waals surface area contributed by atoms with Gasteiger partial charge in [-0.3, -0.25) is 9.59 Å². The predicted octanol–water partition coefficient (Wildman–Crippen LogP) is 5.02. The lowest BCUT2D eigenvalue weighted by atomic mass is 9.94. The van der Waals surface area contributed by atoms with Gasteiger partial charge in [0.15, 0.2) is 5.78 Å². The van der Waals surface area contributed by atoms with Crippen LogP contribution in [0.15, 0.2) is 47.6 Å². The number of esters is 1. The summed E-state index contributed by atoms with van der Waals surface area (Å²) in [7, 11) is 0. The number of halogens is 3. The zero-order valence-electron chi connectivity index (χ0n) is 15.7. The van der Waals surface area contributed by atoms with E-state index >= 15 is 0 Å². The third-order valence-corrected chi connectivity index (χ3v) is 4.58. The van der Waals surface area contributed by atoms with Crippen LogP contribution in [0.5, 0.6) is 0 Å². The zero-order chi connectivity index (χ0) is 21.2. The Balaban J connectivity index is 1.93. The monoisotopic (exact) mass is 439 g/mol. The average Bonchev–Trinajstić information content (AvgIpc) is 2.68. The van der Waals surface area contributed by atoms with Gasteiger partial charge in [-0.1, -0.05) is 46.6 Å². The third-order valence-electron chi connectivity index (χ3n) is 3.99. The van der Waals surface area contributed by atoms with Crippen LogP contribution in [0.4, 0.5) is 4.39 Å². The molecule has 5 nitrogen and oxygen atoms in total. The molecule has 29 heavy (non-hydrogen) atoms. The smallest absolute Gasteiger partial charge is 0.316 e. The molecule has 0 aliphatic carbocycles. The van der Waals surface area contributed by atoms with Gasteiger partial charge in [0, 0.05) is 22.0 Å². The first kappa shape index (κ1) is 22.8. The Bertz CT molecular complexity index is 871. The fourth-order valence-electron chi connectivity index (χ4n) is 2.50. The highest BCUT2D eigenvalue weighted by Gasteiger charge is 2.27. The Morgan fingerprint density at radius 2 is 1.90 bits per heavy atom. The topological polar surface area (TPSA) is 65.0 Å². The first-order chi connectivity index (χ1) is 13.9. The lowest BCUT2D eigenvalue weighted by molar-refractivity contribution is -0.151. The van der Waals surface area contributed by atoms with Crippen molar-refractivity contribution in [2.24, 2.45) is 11.1 Å². The van der Waals surface area contributed by atoms with Gasteiger partial charge in [-0.15, -0.1) is 0 Å². The van der Waals surface area contributed by atoms with E-state index in [4.69, 9.17) is 32.8 Å². The Kier molecular flexibility index (Phi) is 9.09. The fraction of sp³-hybridized carbons (Fsp3) is 0.286. The van der Waals surface area contributed by atoms with Crippen molar-refractivity contribution in [2.45, 2.75) is 26.4 Å². The van der Waals surface area contributed by atoms with Crippen molar-refractivity contribution in [1.82, 2.24) is 0 Å². The van der Waals surface area contributed by atoms with Crippen LogP contribution in [0.2, 0.25) is 10.0 Å². The maximum absolute atomic E-state index is 13.1. The summed E-state index contributed by atoms with van der Waals surface area (Å²) in [5.41, 5.74) is 1.35. The second-order valence-electron chi connectivity index (χ2n) is 6.10. The first-order valence-corrected chi connectivity index (χ1v) is 9.67. The molecule has 0 N–H and O–H groups in total. The molecule has 0 radical (unpaired) electrons. The minimum Gasteiger partial charge on any atom is -0.465 e. The molecule has 1 atom stereocenters. The highest BCUT2D eigenvalue weighted by Crippen LogP contribution is 2.21. The number of benzene rings is 2. The molecular formula is C21H20Cl2FNO4. The van der Waals surface area contributed by atoms with E-state index in [2.05, 4.69) is 5.16 Å². The van der Waals surface area contributed by atoms with E-state index in [-0.39, 0.29) is 31.8 Å². The highest BCUT2D eigenvalue weighted by molar-refractivity contribution is 6.35. The molecule has 154 valence electrons. The summed E-state index contributed by atoms with van der Waals surface area (Å²) < 4.78 is 18.1. The van der Waals surface area contributed by atoms with Gasteiger partial charge in [-0.25, -0.2) is 4.39 Å². The number of ketones is 1. The van der Waals surface area contributed by atoms with Crippen LogP contribution in [0.3, 0.4) is 0 Å². The van der Waals surface area contributed by atoms with Gasteiger partial charge in [0.2, 0.25) is 0 Å². The molecule has 0 saturated carbocycles. The van der Waals surface area contributed by atoms with E-state index in [1.54, 1.807) is 25.1 Å². The SMILES string of the molecule is CCOC(=O)C(Cc1ccc(F)cc1)C(=O)C/C=N/OCc1ccc(Cl)cc1Cl. The fourth-order valence-corrected chi connectivity index (χ4v) is 2.96. The summed E-state index contributed by atoms with van der Waals surface area (Å²) in [6, 6.07) is 10.6. The summed E-state index contributed by atoms with van der Waals surface area (Å²) in [5, 5.41) is 4.70. The summed E-state index contributed by atoms with van der Waals surface area (Å²) >= 11 is 11.9. The molecule has 2 aromatic rings. The van der Waals surface area contributed by atoms with Crippen molar-refractivity contribution in [1.29, 1.82) is 0 Å². The standard InChI is InChI=1S/C21H20Cl2FNO4/c1-2-28-21(27)18(11-14-3-7-17(24)8-4-14)20(26)9-10-25-29-13-15-5-6-16(22)12-19(15)23/h3-8,10,12,18H,2,9,11,13H2,1H3/b25-10+.